The highest BCUT2D eigenvalue weighted by Crippen LogP contribution is 2.12. The lowest BCUT2D eigenvalue weighted by atomic mass is 10.1. The molecular formula is C13H12N2O4. The van der Waals surface area contributed by atoms with E-state index in [9.17, 15) is 9.59 Å². The molecule has 2 amide bonds. The van der Waals surface area contributed by atoms with Crippen molar-refractivity contribution in [3.8, 4) is 0 Å². The van der Waals surface area contributed by atoms with Crippen molar-refractivity contribution in [1.29, 1.82) is 0 Å². The van der Waals surface area contributed by atoms with Gasteiger partial charge in [0.1, 0.15) is 0 Å². The maximum absolute atomic E-state index is 11.6. The predicted octanol–water partition coefficient (Wildman–Crippen LogP) is 2.55. The van der Waals surface area contributed by atoms with Gasteiger partial charge in [-0.1, -0.05) is 12.1 Å². The third-order valence-corrected chi connectivity index (χ3v) is 2.33. The lowest BCUT2D eigenvalue weighted by molar-refractivity contribution is -0.136. The second-order valence-electron chi connectivity index (χ2n) is 3.82. The smallest absolute Gasteiger partial charge is 0.326 e. The van der Waals surface area contributed by atoms with Gasteiger partial charge in [-0.2, -0.15) is 0 Å². The summed E-state index contributed by atoms with van der Waals surface area (Å²) in [5, 5.41) is 13.7. The third kappa shape index (κ3) is 3.88. The lowest BCUT2D eigenvalue weighted by Gasteiger charge is -2.06. The van der Waals surface area contributed by atoms with Crippen LogP contribution in [0.1, 0.15) is 5.56 Å². The Balaban J connectivity index is 1.92. The van der Waals surface area contributed by atoms with Crippen LogP contribution in [0.5, 0.6) is 0 Å². The molecule has 0 fully saturated rings. The molecule has 0 unspecified atom stereocenters. The Morgan fingerprint density at radius 1 is 1.11 bits per heavy atom. The van der Waals surface area contributed by atoms with E-state index in [0.29, 0.717) is 17.1 Å². The highest BCUT2D eigenvalue weighted by Gasteiger charge is 2.05. The van der Waals surface area contributed by atoms with Gasteiger partial charge in [0.25, 0.3) is 0 Å². The van der Waals surface area contributed by atoms with E-state index in [1.165, 1.54) is 6.26 Å². The van der Waals surface area contributed by atoms with Crippen LogP contribution in [0.25, 0.3) is 0 Å². The van der Waals surface area contributed by atoms with Gasteiger partial charge >= 0.3 is 12.0 Å². The zero-order valence-electron chi connectivity index (χ0n) is 9.92. The average molecular weight is 260 g/mol. The van der Waals surface area contributed by atoms with Crippen molar-refractivity contribution < 1.29 is 19.1 Å². The number of hydrogen-bond acceptors (Lipinski definition) is 3. The molecule has 1 aromatic carbocycles. The van der Waals surface area contributed by atoms with E-state index in [1.807, 2.05) is 0 Å². The van der Waals surface area contributed by atoms with Gasteiger partial charge < -0.3 is 14.8 Å². The molecular weight excluding hydrogens is 248 g/mol. The molecule has 0 aliphatic heterocycles. The summed E-state index contributed by atoms with van der Waals surface area (Å²) in [5.41, 5.74) is 1.24. The molecule has 0 spiro atoms. The fourth-order valence-corrected chi connectivity index (χ4v) is 1.50. The molecule has 0 radical (unpaired) electrons. The van der Waals surface area contributed by atoms with E-state index in [4.69, 9.17) is 9.52 Å². The van der Waals surface area contributed by atoms with Gasteiger partial charge in [0.05, 0.1) is 12.7 Å². The monoisotopic (exact) mass is 260 g/mol. The number of benzene rings is 1. The van der Waals surface area contributed by atoms with Crippen molar-refractivity contribution in [1.82, 2.24) is 0 Å². The van der Waals surface area contributed by atoms with Crippen LogP contribution in [-0.4, -0.2) is 17.1 Å². The Morgan fingerprint density at radius 2 is 1.84 bits per heavy atom. The summed E-state index contributed by atoms with van der Waals surface area (Å²) < 4.78 is 4.97. The number of urea groups is 1. The number of furan rings is 1. The molecule has 1 aromatic heterocycles. The van der Waals surface area contributed by atoms with Crippen LogP contribution in [0, 0.1) is 0 Å². The third-order valence-electron chi connectivity index (χ3n) is 2.33. The highest BCUT2D eigenvalue weighted by molar-refractivity contribution is 5.98. The number of carboxylic acids is 1. The van der Waals surface area contributed by atoms with Crippen LogP contribution in [0.15, 0.2) is 47.1 Å². The summed E-state index contributed by atoms with van der Waals surface area (Å²) in [6.45, 7) is 0. The first-order valence-corrected chi connectivity index (χ1v) is 5.56. The van der Waals surface area contributed by atoms with Crippen molar-refractivity contribution >= 4 is 23.6 Å². The molecule has 0 atom stereocenters. The summed E-state index contributed by atoms with van der Waals surface area (Å²) in [7, 11) is 0. The summed E-state index contributed by atoms with van der Waals surface area (Å²) in [6.07, 6.45) is 1.41. The summed E-state index contributed by atoms with van der Waals surface area (Å²) >= 11 is 0. The standard InChI is InChI=1S/C13H12N2O4/c16-12(17)8-9-3-5-10(6-4-9)14-13(18)15-11-2-1-7-19-11/h1-7H,8H2,(H,16,17)(H2,14,15,18). The number of rotatable bonds is 4. The first kappa shape index (κ1) is 12.7. The SMILES string of the molecule is O=C(O)Cc1ccc(NC(=O)Nc2ccco2)cc1. The van der Waals surface area contributed by atoms with Crippen molar-refractivity contribution in [2.75, 3.05) is 10.6 Å². The number of carbonyl (C=O) groups excluding carboxylic acids is 1. The number of aliphatic carboxylic acids is 1. The molecule has 98 valence electrons. The van der Waals surface area contributed by atoms with E-state index in [-0.39, 0.29) is 6.42 Å². The van der Waals surface area contributed by atoms with Crippen molar-refractivity contribution in [3.63, 3.8) is 0 Å². The zero-order valence-corrected chi connectivity index (χ0v) is 9.92. The van der Waals surface area contributed by atoms with Gasteiger partial charge in [-0.15, -0.1) is 0 Å². The van der Waals surface area contributed by atoms with Gasteiger partial charge in [0, 0.05) is 11.8 Å². The maximum atomic E-state index is 11.6. The van der Waals surface area contributed by atoms with E-state index in [1.54, 1.807) is 36.4 Å². The number of carbonyl (C=O) groups is 2. The Bertz CT molecular complexity index is 561. The van der Waals surface area contributed by atoms with Gasteiger partial charge in [-0.05, 0) is 23.8 Å². The number of anilines is 2. The fourth-order valence-electron chi connectivity index (χ4n) is 1.50. The molecule has 0 bridgehead atoms. The van der Waals surface area contributed by atoms with Crippen LogP contribution in [0.3, 0.4) is 0 Å². The van der Waals surface area contributed by atoms with E-state index in [2.05, 4.69) is 10.6 Å². The molecule has 6 heteroatoms. The second-order valence-corrected chi connectivity index (χ2v) is 3.82. The second kappa shape index (κ2) is 5.72. The number of amides is 2. The molecule has 19 heavy (non-hydrogen) atoms. The summed E-state index contributed by atoms with van der Waals surface area (Å²) in [6, 6.07) is 9.43. The highest BCUT2D eigenvalue weighted by atomic mass is 16.4. The van der Waals surface area contributed by atoms with Gasteiger partial charge in [0.15, 0.2) is 0 Å². The van der Waals surface area contributed by atoms with Gasteiger partial charge in [0.2, 0.25) is 5.88 Å². The normalized spacial score (nSPS) is 9.89. The Kier molecular flexibility index (Phi) is 3.82. The quantitative estimate of drug-likeness (QED) is 0.787. The Morgan fingerprint density at radius 3 is 2.42 bits per heavy atom. The average Bonchev–Trinajstić information content (AvgIpc) is 2.83. The van der Waals surface area contributed by atoms with Crippen LogP contribution in [0.2, 0.25) is 0 Å². The molecule has 2 rings (SSSR count). The molecule has 0 saturated heterocycles. The van der Waals surface area contributed by atoms with E-state index >= 15 is 0 Å². The van der Waals surface area contributed by atoms with Crippen LogP contribution in [-0.2, 0) is 11.2 Å². The van der Waals surface area contributed by atoms with Crippen molar-refractivity contribution in [3.05, 3.63) is 48.2 Å². The molecule has 3 N–H and O–H groups in total. The fraction of sp³-hybridized carbons (Fsp3) is 0.0769. The topological polar surface area (TPSA) is 91.6 Å². The van der Waals surface area contributed by atoms with Crippen LogP contribution >= 0.6 is 0 Å². The van der Waals surface area contributed by atoms with Gasteiger partial charge in [-0.25, -0.2) is 4.79 Å². The summed E-state index contributed by atoms with van der Waals surface area (Å²) in [5.74, 6) is -0.545. The molecule has 0 aliphatic rings. The largest absolute Gasteiger partial charge is 0.481 e. The minimum Gasteiger partial charge on any atom is -0.481 e. The van der Waals surface area contributed by atoms with Crippen LogP contribution < -0.4 is 10.6 Å². The molecule has 2 aromatic rings. The maximum Gasteiger partial charge on any atom is 0.326 e. The number of hydrogen-bond donors (Lipinski definition) is 3. The Hall–Kier alpha value is -2.76. The van der Waals surface area contributed by atoms with Crippen molar-refractivity contribution in [2.24, 2.45) is 0 Å². The lowest BCUT2D eigenvalue weighted by Crippen LogP contribution is -2.18. The molecule has 6 nitrogen and oxygen atoms in total. The van der Waals surface area contributed by atoms with Crippen molar-refractivity contribution in [2.45, 2.75) is 6.42 Å². The molecule has 0 saturated carbocycles. The first-order valence-electron chi connectivity index (χ1n) is 5.56. The van der Waals surface area contributed by atoms with Gasteiger partial charge in [-0.3, -0.25) is 10.1 Å². The van der Waals surface area contributed by atoms with E-state index < -0.39 is 12.0 Å². The minimum atomic E-state index is -0.892. The Labute approximate surface area is 109 Å². The number of carboxylic acid groups (broad SMARTS) is 1. The van der Waals surface area contributed by atoms with E-state index in [0.717, 1.165) is 0 Å². The van der Waals surface area contributed by atoms with Crippen LogP contribution in [0.4, 0.5) is 16.4 Å². The molecule has 0 aliphatic carbocycles. The summed E-state index contributed by atoms with van der Waals surface area (Å²) in [4.78, 5) is 22.1. The first-order chi connectivity index (χ1) is 9.13. The minimum absolute atomic E-state index is 0.0428. The molecule has 1 heterocycles. The zero-order chi connectivity index (χ0) is 13.7. The number of nitrogens with one attached hydrogen (secondary N) is 2. The predicted molar refractivity (Wildman–Crippen MR) is 69.1 cm³/mol.